The molecule has 0 unspecified atom stereocenters. The summed E-state index contributed by atoms with van der Waals surface area (Å²) in [6.45, 7) is 5.68. The minimum Gasteiger partial charge on any atom is -0.442 e. The van der Waals surface area contributed by atoms with Gasteiger partial charge in [-0.2, -0.15) is 14.5 Å². The van der Waals surface area contributed by atoms with Crippen LogP contribution in [0.25, 0.3) is 11.5 Å². The SMILES string of the molecule is Cc1nc2n(n1)CC(=O)NCCCN(S(=O)(=O)c1ccc(-c3ccn[nH]3)o1)CCCC(=O)N[C@H](Cc1ccccc1)C(=O)N[C@H]2C(C)C. The molecule has 1 aliphatic rings. The number of amides is 3. The molecule has 3 amide bonds. The first kappa shape index (κ1) is 34.5. The van der Waals surface area contributed by atoms with Crippen LogP contribution in [-0.2, 0) is 37.4 Å². The number of nitrogens with one attached hydrogen (secondary N) is 4. The fraction of sp³-hybridized carbons (Fsp3) is 0.438. The Hall–Kier alpha value is -4.83. The molecule has 5 rings (SSSR count). The lowest BCUT2D eigenvalue weighted by Crippen LogP contribution is -2.50. The van der Waals surface area contributed by atoms with Gasteiger partial charge in [0.2, 0.25) is 22.8 Å². The number of nitrogens with zero attached hydrogens (tertiary/aromatic N) is 5. The minimum atomic E-state index is -4.10. The van der Waals surface area contributed by atoms with Crippen LogP contribution in [0.3, 0.4) is 0 Å². The van der Waals surface area contributed by atoms with Crippen molar-refractivity contribution in [1.82, 2.24) is 45.2 Å². The van der Waals surface area contributed by atoms with E-state index in [-0.39, 0.29) is 62.4 Å². The highest BCUT2D eigenvalue weighted by atomic mass is 32.2. The van der Waals surface area contributed by atoms with Crippen LogP contribution in [0.2, 0.25) is 0 Å². The predicted octanol–water partition coefficient (Wildman–Crippen LogP) is 2.10. The summed E-state index contributed by atoms with van der Waals surface area (Å²) in [6.07, 6.45) is 2.22. The van der Waals surface area contributed by atoms with Gasteiger partial charge < -0.3 is 20.4 Å². The first-order valence-electron chi connectivity index (χ1n) is 15.9. The second kappa shape index (κ2) is 15.4. The summed E-state index contributed by atoms with van der Waals surface area (Å²) in [5.74, 6) is -0.0977. The Kier molecular flexibility index (Phi) is 11.1. The number of sulfonamides is 1. The molecule has 2 atom stereocenters. The molecule has 0 spiro atoms. The van der Waals surface area contributed by atoms with Crippen LogP contribution >= 0.6 is 0 Å². The van der Waals surface area contributed by atoms with Gasteiger partial charge in [0.1, 0.15) is 24.1 Å². The number of furan rings is 1. The van der Waals surface area contributed by atoms with Crippen LogP contribution in [0.4, 0.5) is 0 Å². The summed E-state index contributed by atoms with van der Waals surface area (Å²) < 4.78 is 35.8. The lowest BCUT2D eigenvalue weighted by Gasteiger charge is -2.26. The van der Waals surface area contributed by atoms with E-state index in [9.17, 15) is 22.8 Å². The number of aromatic nitrogens is 5. The fourth-order valence-electron chi connectivity index (χ4n) is 5.49. The van der Waals surface area contributed by atoms with Crippen molar-refractivity contribution in [3.05, 3.63) is 71.9 Å². The second-order valence-corrected chi connectivity index (χ2v) is 13.9. The molecule has 1 aliphatic heterocycles. The lowest BCUT2D eigenvalue weighted by atomic mass is 10.0. The summed E-state index contributed by atoms with van der Waals surface area (Å²) in [6, 6.07) is 12.4. The molecule has 0 saturated heterocycles. The summed E-state index contributed by atoms with van der Waals surface area (Å²) >= 11 is 0. The second-order valence-electron chi connectivity index (χ2n) is 12.0. The Balaban J connectivity index is 1.41. The van der Waals surface area contributed by atoms with Crippen LogP contribution in [0.1, 0.15) is 56.4 Å². The van der Waals surface area contributed by atoms with E-state index in [2.05, 4.69) is 36.2 Å². The smallest absolute Gasteiger partial charge is 0.276 e. The molecule has 1 aromatic carbocycles. The number of hydrogen-bond donors (Lipinski definition) is 4. The normalized spacial score (nSPS) is 19.5. The van der Waals surface area contributed by atoms with Crippen molar-refractivity contribution in [3.63, 3.8) is 0 Å². The predicted molar refractivity (Wildman–Crippen MR) is 174 cm³/mol. The minimum absolute atomic E-state index is 0.0103. The van der Waals surface area contributed by atoms with E-state index in [0.29, 0.717) is 29.5 Å². The maximum Gasteiger partial charge on any atom is 0.276 e. The molecule has 3 aromatic heterocycles. The molecule has 4 heterocycles. The number of fused-ring (bicyclic) bond motifs is 1. The number of benzene rings is 1. The van der Waals surface area contributed by atoms with Gasteiger partial charge in [-0.1, -0.05) is 44.2 Å². The van der Waals surface area contributed by atoms with Crippen LogP contribution in [0.15, 0.2) is 64.2 Å². The van der Waals surface area contributed by atoms with Crippen LogP contribution in [0.5, 0.6) is 0 Å². The van der Waals surface area contributed by atoms with Gasteiger partial charge in [-0.15, -0.1) is 0 Å². The van der Waals surface area contributed by atoms with Gasteiger partial charge in [-0.3, -0.25) is 19.5 Å². The third kappa shape index (κ3) is 8.55. The van der Waals surface area contributed by atoms with Gasteiger partial charge in [0.05, 0.1) is 6.04 Å². The largest absolute Gasteiger partial charge is 0.442 e. The first-order valence-corrected chi connectivity index (χ1v) is 17.4. The third-order valence-corrected chi connectivity index (χ3v) is 9.71. The molecule has 0 radical (unpaired) electrons. The maximum absolute atomic E-state index is 13.8. The maximum atomic E-state index is 13.8. The molecular weight excluding hydrogens is 638 g/mol. The van der Waals surface area contributed by atoms with Gasteiger partial charge >= 0.3 is 0 Å². The average molecular weight is 680 g/mol. The number of aromatic amines is 1. The molecule has 4 aromatic rings. The van der Waals surface area contributed by atoms with Crippen molar-refractivity contribution >= 4 is 27.7 Å². The van der Waals surface area contributed by atoms with E-state index >= 15 is 0 Å². The summed E-state index contributed by atoms with van der Waals surface area (Å²) in [7, 11) is -4.10. The zero-order valence-electron chi connectivity index (χ0n) is 27.2. The number of rotatable bonds is 6. The summed E-state index contributed by atoms with van der Waals surface area (Å²) in [5.41, 5.74) is 1.37. The van der Waals surface area contributed by atoms with Crippen LogP contribution in [-0.4, -0.2) is 81.1 Å². The zero-order valence-corrected chi connectivity index (χ0v) is 28.0. The Morgan fingerprint density at radius 3 is 2.48 bits per heavy atom. The quantitative estimate of drug-likeness (QED) is 0.236. The average Bonchev–Trinajstić information content (AvgIpc) is 3.82. The van der Waals surface area contributed by atoms with Crippen LogP contribution in [0, 0.1) is 12.8 Å². The van der Waals surface area contributed by atoms with Gasteiger partial charge in [0, 0.05) is 38.7 Å². The molecule has 16 heteroatoms. The van der Waals surface area contributed by atoms with Crippen LogP contribution < -0.4 is 16.0 Å². The van der Waals surface area contributed by atoms with Gasteiger partial charge in [-0.25, -0.2) is 18.1 Å². The first-order chi connectivity index (χ1) is 23.0. The molecule has 256 valence electrons. The number of aryl methyl sites for hydroxylation is 1. The van der Waals surface area contributed by atoms with Gasteiger partial charge in [-0.05, 0) is 49.4 Å². The molecular formula is C32H41N9O6S. The van der Waals surface area contributed by atoms with E-state index < -0.39 is 33.9 Å². The molecule has 0 fully saturated rings. The van der Waals surface area contributed by atoms with E-state index in [0.717, 1.165) is 5.56 Å². The highest BCUT2D eigenvalue weighted by Gasteiger charge is 2.31. The lowest BCUT2D eigenvalue weighted by molar-refractivity contribution is -0.129. The highest BCUT2D eigenvalue weighted by molar-refractivity contribution is 7.89. The van der Waals surface area contributed by atoms with E-state index in [1.165, 1.54) is 27.3 Å². The number of hydrogen-bond acceptors (Lipinski definition) is 9. The Labute approximate surface area is 278 Å². The highest BCUT2D eigenvalue weighted by Crippen LogP contribution is 2.26. The topological polar surface area (TPSA) is 197 Å². The van der Waals surface area contributed by atoms with E-state index in [1.807, 2.05) is 44.2 Å². The Bertz CT molecular complexity index is 1800. The summed E-state index contributed by atoms with van der Waals surface area (Å²) in [5, 5.41) is 19.5. The van der Waals surface area contributed by atoms with Crippen molar-refractivity contribution in [1.29, 1.82) is 0 Å². The number of carbonyl (C=O) groups excluding carboxylic acids is 3. The standard InChI is InChI=1S/C32H41N9O6S/c1-21(2)30-31-35-22(3)39-41(31)20-28(43)33-15-8-18-40(48(45,46)29-13-12-26(47-29)24-14-16-34-38-24)17-7-11-27(42)36-25(32(44)37-30)19-23-9-5-4-6-10-23/h4-6,9-10,12-14,16,21,25,30H,7-8,11,15,17-20H2,1-3H3,(H,33,43)(H,34,38)(H,36,42)(H,37,44)/t25-,30+/m1/s1. The fourth-order valence-corrected chi connectivity index (χ4v) is 6.92. The molecule has 0 saturated carbocycles. The molecule has 4 N–H and O–H groups in total. The van der Waals surface area contributed by atoms with Crippen molar-refractivity contribution in [2.45, 2.75) is 70.2 Å². The van der Waals surface area contributed by atoms with Crippen molar-refractivity contribution < 1.29 is 27.2 Å². The monoisotopic (exact) mass is 679 g/mol. The molecule has 0 bridgehead atoms. The zero-order chi connectivity index (χ0) is 34.3. The van der Waals surface area contributed by atoms with Gasteiger partial charge in [0.15, 0.2) is 11.6 Å². The van der Waals surface area contributed by atoms with Crippen molar-refractivity contribution in [3.8, 4) is 11.5 Å². The molecule has 0 aliphatic carbocycles. The number of H-pyrrole nitrogens is 1. The van der Waals surface area contributed by atoms with Gasteiger partial charge in [0.25, 0.3) is 10.0 Å². The number of carbonyl (C=O) groups is 3. The Morgan fingerprint density at radius 1 is 0.979 bits per heavy atom. The Morgan fingerprint density at radius 2 is 1.75 bits per heavy atom. The third-order valence-electron chi connectivity index (χ3n) is 7.94. The molecule has 15 nitrogen and oxygen atoms in total. The van der Waals surface area contributed by atoms with Crippen molar-refractivity contribution in [2.75, 3.05) is 19.6 Å². The summed E-state index contributed by atoms with van der Waals surface area (Å²) in [4.78, 5) is 44.6. The van der Waals surface area contributed by atoms with E-state index in [4.69, 9.17) is 4.42 Å². The van der Waals surface area contributed by atoms with E-state index in [1.54, 1.807) is 13.0 Å². The molecule has 48 heavy (non-hydrogen) atoms. The van der Waals surface area contributed by atoms with Crippen molar-refractivity contribution in [2.24, 2.45) is 5.92 Å².